The summed E-state index contributed by atoms with van der Waals surface area (Å²) in [7, 11) is 0. The first kappa shape index (κ1) is 15.0. The first-order valence-electron chi connectivity index (χ1n) is 8.74. The summed E-state index contributed by atoms with van der Waals surface area (Å²) < 4.78 is 2.19. The van der Waals surface area contributed by atoms with Gasteiger partial charge in [0.1, 0.15) is 0 Å². The van der Waals surface area contributed by atoms with E-state index in [0.717, 1.165) is 50.4 Å². The number of rotatable bonds is 5. The maximum atomic E-state index is 9.52. The minimum Gasteiger partial charge on any atom is -0.393 e. The van der Waals surface area contributed by atoms with Crippen molar-refractivity contribution in [2.45, 2.75) is 76.5 Å². The molecule has 0 bridgehead atoms. The van der Waals surface area contributed by atoms with E-state index in [1.54, 1.807) is 0 Å². The molecule has 1 aromatic rings. The van der Waals surface area contributed by atoms with E-state index < -0.39 is 0 Å². The summed E-state index contributed by atoms with van der Waals surface area (Å²) in [4.78, 5) is 0. The third-order valence-corrected chi connectivity index (χ3v) is 5.17. The highest BCUT2D eigenvalue weighted by Gasteiger charge is 2.19. The van der Waals surface area contributed by atoms with Crippen LogP contribution in [0.4, 0.5) is 0 Å². The third kappa shape index (κ3) is 4.30. The molecule has 0 aliphatic heterocycles. The second-order valence-electron chi connectivity index (χ2n) is 6.88. The lowest BCUT2D eigenvalue weighted by Gasteiger charge is -2.25. The van der Waals surface area contributed by atoms with E-state index in [0.29, 0.717) is 6.04 Å². The van der Waals surface area contributed by atoms with E-state index in [1.165, 1.54) is 32.1 Å². The molecule has 2 aliphatic carbocycles. The molecule has 0 amide bonds. The largest absolute Gasteiger partial charge is 0.393 e. The highest BCUT2D eigenvalue weighted by molar-refractivity contribution is 4.99. The summed E-state index contributed by atoms with van der Waals surface area (Å²) in [5.74, 6) is 0.730. The molecule has 4 nitrogen and oxygen atoms in total. The van der Waals surface area contributed by atoms with Crippen molar-refractivity contribution in [2.75, 3.05) is 6.54 Å². The van der Waals surface area contributed by atoms with E-state index in [4.69, 9.17) is 5.10 Å². The highest BCUT2D eigenvalue weighted by Crippen LogP contribution is 2.27. The molecule has 0 aromatic carbocycles. The van der Waals surface area contributed by atoms with Gasteiger partial charge in [0.2, 0.25) is 0 Å². The third-order valence-electron chi connectivity index (χ3n) is 5.17. The highest BCUT2D eigenvalue weighted by atomic mass is 16.3. The molecule has 0 atom stereocenters. The zero-order chi connectivity index (χ0) is 14.5. The van der Waals surface area contributed by atoms with Gasteiger partial charge in [-0.05, 0) is 57.1 Å². The van der Waals surface area contributed by atoms with Crippen molar-refractivity contribution >= 4 is 0 Å². The molecule has 2 N–H and O–H groups in total. The maximum Gasteiger partial charge on any atom is 0.0762 e. The molecule has 0 unspecified atom stereocenters. The smallest absolute Gasteiger partial charge is 0.0762 e. The van der Waals surface area contributed by atoms with Crippen LogP contribution in [0.1, 0.15) is 69.5 Å². The van der Waals surface area contributed by atoms with E-state index in [9.17, 15) is 5.11 Å². The fourth-order valence-corrected chi connectivity index (χ4v) is 3.77. The molecule has 3 rings (SSSR count). The van der Waals surface area contributed by atoms with Crippen LogP contribution in [-0.4, -0.2) is 27.5 Å². The van der Waals surface area contributed by atoms with E-state index >= 15 is 0 Å². The Balaban J connectivity index is 1.40. The van der Waals surface area contributed by atoms with Crippen molar-refractivity contribution in [1.82, 2.24) is 15.1 Å². The van der Waals surface area contributed by atoms with Gasteiger partial charge < -0.3 is 10.4 Å². The molecule has 0 radical (unpaired) electrons. The Morgan fingerprint density at radius 3 is 2.62 bits per heavy atom. The van der Waals surface area contributed by atoms with Gasteiger partial charge in [-0.3, -0.25) is 4.68 Å². The van der Waals surface area contributed by atoms with Crippen molar-refractivity contribution in [3.8, 4) is 0 Å². The Morgan fingerprint density at radius 2 is 1.86 bits per heavy atom. The summed E-state index contributed by atoms with van der Waals surface area (Å²) in [5, 5.41) is 17.8. The molecule has 2 fully saturated rings. The molecular weight excluding hydrogens is 262 g/mol. The van der Waals surface area contributed by atoms with E-state index in [2.05, 4.69) is 22.3 Å². The van der Waals surface area contributed by atoms with E-state index in [-0.39, 0.29) is 6.10 Å². The maximum absolute atomic E-state index is 9.52. The Bertz CT molecular complexity index is 417. The van der Waals surface area contributed by atoms with Crippen LogP contribution in [-0.2, 0) is 6.54 Å². The summed E-state index contributed by atoms with van der Waals surface area (Å²) in [6, 6.07) is 2.79. The molecule has 4 heteroatoms. The molecule has 0 saturated heterocycles. The lowest BCUT2D eigenvalue weighted by Crippen LogP contribution is -2.27. The fourth-order valence-electron chi connectivity index (χ4n) is 3.77. The van der Waals surface area contributed by atoms with Crippen molar-refractivity contribution in [3.05, 3.63) is 18.0 Å². The average Bonchev–Trinajstić information content (AvgIpc) is 2.99. The molecule has 21 heavy (non-hydrogen) atoms. The van der Waals surface area contributed by atoms with Gasteiger partial charge in [-0.25, -0.2) is 0 Å². The van der Waals surface area contributed by atoms with Crippen LogP contribution in [0, 0.1) is 5.92 Å². The summed E-state index contributed by atoms with van der Waals surface area (Å²) in [6.07, 6.45) is 13.1. The summed E-state index contributed by atoms with van der Waals surface area (Å²) in [6.45, 7) is 1.93. The molecule has 2 saturated carbocycles. The van der Waals surface area contributed by atoms with Crippen molar-refractivity contribution in [1.29, 1.82) is 0 Å². The van der Waals surface area contributed by atoms with Crippen LogP contribution in [0.25, 0.3) is 0 Å². The van der Waals surface area contributed by atoms with Crippen LogP contribution in [0.5, 0.6) is 0 Å². The van der Waals surface area contributed by atoms with Crippen LogP contribution in [0.2, 0.25) is 0 Å². The van der Waals surface area contributed by atoms with Gasteiger partial charge in [-0.2, -0.15) is 5.10 Å². The van der Waals surface area contributed by atoms with Gasteiger partial charge in [0.05, 0.1) is 17.8 Å². The van der Waals surface area contributed by atoms with Crippen LogP contribution in [0.15, 0.2) is 12.3 Å². The Morgan fingerprint density at radius 1 is 1.10 bits per heavy atom. The number of aliphatic hydroxyl groups excluding tert-OH is 1. The zero-order valence-corrected chi connectivity index (χ0v) is 13.0. The second kappa shape index (κ2) is 7.41. The zero-order valence-electron chi connectivity index (χ0n) is 13.0. The van der Waals surface area contributed by atoms with Crippen molar-refractivity contribution in [2.24, 2.45) is 5.92 Å². The molecular formula is C17H29N3O. The van der Waals surface area contributed by atoms with Gasteiger partial charge >= 0.3 is 0 Å². The quantitative estimate of drug-likeness (QED) is 0.876. The first-order valence-corrected chi connectivity index (χ1v) is 8.74. The molecule has 1 heterocycles. The minimum absolute atomic E-state index is 0.0487. The number of hydrogen-bond acceptors (Lipinski definition) is 3. The summed E-state index contributed by atoms with van der Waals surface area (Å²) in [5.41, 5.74) is 1.16. The summed E-state index contributed by atoms with van der Waals surface area (Å²) >= 11 is 0. The lowest BCUT2D eigenvalue weighted by molar-refractivity contribution is 0.108. The predicted molar refractivity (Wildman–Crippen MR) is 84.0 cm³/mol. The number of aliphatic hydroxyl groups is 1. The van der Waals surface area contributed by atoms with Crippen LogP contribution >= 0.6 is 0 Å². The Kier molecular flexibility index (Phi) is 5.31. The minimum atomic E-state index is -0.0487. The topological polar surface area (TPSA) is 50.1 Å². The van der Waals surface area contributed by atoms with Crippen molar-refractivity contribution in [3.63, 3.8) is 0 Å². The number of nitrogens with one attached hydrogen (secondary N) is 1. The van der Waals surface area contributed by atoms with Gasteiger partial charge in [0.15, 0.2) is 0 Å². The van der Waals surface area contributed by atoms with Crippen molar-refractivity contribution < 1.29 is 5.11 Å². The Hall–Kier alpha value is -0.870. The molecule has 1 aromatic heterocycles. The van der Waals surface area contributed by atoms with Crippen LogP contribution in [0.3, 0.4) is 0 Å². The number of aromatic nitrogens is 2. The van der Waals surface area contributed by atoms with E-state index in [1.807, 2.05) is 0 Å². The van der Waals surface area contributed by atoms with Gasteiger partial charge in [0, 0.05) is 12.7 Å². The molecule has 0 spiro atoms. The fraction of sp³-hybridized carbons (Fsp3) is 0.824. The average molecular weight is 291 g/mol. The van der Waals surface area contributed by atoms with Gasteiger partial charge in [0.25, 0.3) is 0 Å². The number of hydrogen-bond donors (Lipinski definition) is 2. The Labute approximate surface area is 127 Å². The van der Waals surface area contributed by atoms with Gasteiger partial charge in [-0.1, -0.05) is 19.3 Å². The molecule has 2 aliphatic rings. The molecule has 118 valence electrons. The SMILES string of the molecule is OC1CCC(CNCc2ccn(C3CCCCC3)n2)CC1. The van der Waals surface area contributed by atoms with Crippen LogP contribution < -0.4 is 5.32 Å². The first-order chi connectivity index (χ1) is 10.3. The predicted octanol–water partition coefficient (Wildman–Crippen LogP) is 3.03. The normalized spacial score (nSPS) is 27.9. The number of nitrogens with zero attached hydrogens (tertiary/aromatic N) is 2. The second-order valence-corrected chi connectivity index (χ2v) is 6.88. The lowest BCUT2D eigenvalue weighted by atomic mass is 9.87. The van der Waals surface area contributed by atoms with Gasteiger partial charge in [-0.15, -0.1) is 0 Å². The monoisotopic (exact) mass is 291 g/mol. The standard InChI is InChI=1S/C17H29N3O/c21-17-8-6-14(7-9-17)12-18-13-15-10-11-20(19-15)16-4-2-1-3-5-16/h10-11,14,16-18,21H,1-9,12-13H2.